The van der Waals surface area contributed by atoms with E-state index in [2.05, 4.69) is 4.74 Å². The minimum absolute atomic E-state index is 0. The number of ether oxygens (including phenoxy) is 1. The Morgan fingerprint density at radius 2 is 2.05 bits per heavy atom. The third-order valence-electron chi connectivity index (χ3n) is 2.54. The van der Waals surface area contributed by atoms with Gasteiger partial charge in [0.25, 0.3) is 0 Å². The van der Waals surface area contributed by atoms with Gasteiger partial charge >= 0.3 is 6.36 Å². The predicted molar refractivity (Wildman–Crippen MR) is 72.0 cm³/mol. The molecule has 0 aromatic heterocycles. The first kappa shape index (κ1) is 18.5. The van der Waals surface area contributed by atoms with Gasteiger partial charge in [-0.2, -0.15) is 0 Å². The minimum atomic E-state index is -4.76. The molecule has 0 bridgehead atoms. The van der Waals surface area contributed by atoms with E-state index in [1.165, 1.54) is 30.1 Å². The Labute approximate surface area is 121 Å². The summed E-state index contributed by atoms with van der Waals surface area (Å²) in [5, 5.41) is 0. The quantitative estimate of drug-likeness (QED) is 0.929. The van der Waals surface area contributed by atoms with Crippen LogP contribution in [0.1, 0.15) is 6.92 Å². The molecule has 114 valence electrons. The lowest BCUT2D eigenvalue weighted by Gasteiger charge is -2.21. The Bertz CT molecular complexity index is 455. The van der Waals surface area contributed by atoms with Crippen molar-refractivity contribution < 1.29 is 22.7 Å². The topological polar surface area (TPSA) is 55.6 Å². The van der Waals surface area contributed by atoms with Crippen molar-refractivity contribution in [3.8, 4) is 5.75 Å². The Morgan fingerprint density at radius 3 is 2.55 bits per heavy atom. The molecule has 8 heteroatoms. The van der Waals surface area contributed by atoms with E-state index in [9.17, 15) is 18.0 Å². The normalized spacial score (nSPS) is 12.3. The molecule has 1 unspecified atom stereocenters. The van der Waals surface area contributed by atoms with E-state index < -0.39 is 12.3 Å². The van der Waals surface area contributed by atoms with E-state index in [0.29, 0.717) is 5.69 Å². The van der Waals surface area contributed by atoms with E-state index in [1.807, 2.05) is 0 Å². The summed E-state index contributed by atoms with van der Waals surface area (Å²) in [6, 6.07) is 5.22. The molecule has 0 spiro atoms. The van der Waals surface area contributed by atoms with Gasteiger partial charge in [0.1, 0.15) is 5.75 Å². The highest BCUT2D eigenvalue weighted by Crippen LogP contribution is 2.26. The number of amides is 1. The zero-order valence-corrected chi connectivity index (χ0v) is 11.8. The molecule has 2 N–H and O–H groups in total. The maximum absolute atomic E-state index is 12.1. The molecule has 20 heavy (non-hydrogen) atoms. The van der Waals surface area contributed by atoms with Crippen molar-refractivity contribution in [1.29, 1.82) is 0 Å². The van der Waals surface area contributed by atoms with Gasteiger partial charge < -0.3 is 15.4 Å². The number of hydrogen-bond donors (Lipinski definition) is 1. The summed E-state index contributed by atoms with van der Waals surface area (Å²) in [4.78, 5) is 13.1. The van der Waals surface area contributed by atoms with Crippen LogP contribution in [0, 0.1) is 5.92 Å². The molecule has 0 aliphatic heterocycles. The molecule has 0 aliphatic carbocycles. The number of anilines is 1. The summed E-state index contributed by atoms with van der Waals surface area (Å²) in [7, 11) is 1.47. The maximum Gasteiger partial charge on any atom is 0.573 e. The number of hydrogen-bond acceptors (Lipinski definition) is 3. The van der Waals surface area contributed by atoms with E-state index in [4.69, 9.17) is 5.73 Å². The summed E-state index contributed by atoms with van der Waals surface area (Å²) in [5.41, 5.74) is 5.69. The molecular weight excluding hydrogens is 297 g/mol. The largest absolute Gasteiger partial charge is 0.573 e. The third-order valence-corrected chi connectivity index (χ3v) is 2.54. The highest BCUT2D eigenvalue weighted by Gasteiger charge is 2.31. The van der Waals surface area contributed by atoms with Gasteiger partial charge in [0.15, 0.2) is 0 Å². The second-order valence-electron chi connectivity index (χ2n) is 4.08. The van der Waals surface area contributed by atoms with Crippen molar-refractivity contribution >= 4 is 24.0 Å². The highest BCUT2D eigenvalue weighted by molar-refractivity contribution is 5.94. The lowest BCUT2D eigenvalue weighted by molar-refractivity contribution is -0.274. The minimum Gasteiger partial charge on any atom is -0.406 e. The molecule has 1 amide bonds. The van der Waals surface area contributed by atoms with Gasteiger partial charge in [-0.15, -0.1) is 25.6 Å². The smallest absolute Gasteiger partial charge is 0.406 e. The predicted octanol–water partition coefficient (Wildman–Crippen LogP) is 2.56. The van der Waals surface area contributed by atoms with Crippen LogP contribution in [-0.4, -0.2) is 25.9 Å². The van der Waals surface area contributed by atoms with Crippen molar-refractivity contribution in [3.63, 3.8) is 0 Å². The molecule has 1 aromatic rings. The monoisotopic (exact) mass is 312 g/mol. The summed E-state index contributed by atoms with van der Waals surface area (Å²) in [6.45, 7) is 1.82. The van der Waals surface area contributed by atoms with Crippen LogP contribution < -0.4 is 15.4 Å². The van der Waals surface area contributed by atoms with Crippen molar-refractivity contribution in [3.05, 3.63) is 24.3 Å². The zero-order valence-electron chi connectivity index (χ0n) is 11.0. The van der Waals surface area contributed by atoms with Gasteiger partial charge in [0.2, 0.25) is 5.91 Å². The number of rotatable bonds is 4. The lowest BCUT2D eigenvalue weighted by Crippen LogP contribution is -2.35. The van der Waals surface area contributed by atoms with Crippen LogP contribution in [0.2, 0.25) is 0 Å². The molecule has 1 atom stereocenters. The van der Waals surface area contributed by atoms with Crippen LogP contribution in [-0.2, 0) is 4.79 Å². The number of carbonyl (C=O) groups excluding carboxylic acids is 1. The van der Waals surface area contributed by atoms with Crippen LogP contribution >= 0.6 is 12.4 Å². The SMILES string of the molecule is CC(CN)C(=O)N(C)c1cccc(OC(F)(F)F)c1.Cl. The standard InChI is InChI=1S/C12H15F3N2O2.ClH/c1-8(7-16)11(18)17(2)9-4-3-5-10(6-9)19-12(13,14)15;/h3-6,8H,7,16H2,1-2H3;1H. The fraction of sp³-hybridized carbons (Fsp3) is 0.417. The molecule has 0 aliphatic rings. The molecule has 1 rings (SSSR count). The van der Waals surface area contributed by atoms with Gasteiger partial charge in [0, 0.05) is 31.3 Å². The van der Waals surface area contributed by atoms with E-state index in [1.54, 1.807) is 6.92 Å². The second kappa shape index (κ2) is 7.35. The first-order chi connectivity index (χ1) is 8.74. The number of benzene rings is 1. The van der Waals surface area contributed by atoms with Gasteiger partial charge in [-0.1, -0.05) is 13.0 Å². The van der Waals surface area contributed by atoms with Gasteiger partial charge in [0.05, 0.1) is 0 Å². The lowest BCUT2D eigenvalue weighted by atomic mass is 10.1. The number of carbonyl (C=O) groups is 1. The van der Waals surface area contributed by atoms with Crippen LogP contribution in [0.3, 0.4) is 0 Å². The van der Waals surface area contributed by atoms with Crippen molar-refractivity contribution in [2.45, 2.75) is 13.3 Å². The second-order valence-corrected chi connectivity index (χ2v) is 4.08. The molecule has 0 radical (unpaired) electrons. The third kappa shape index (κ3) is 5.26. The van der Waals surface area contributed by atoms with E-state index in [-0.39, 0.29) is 30.6 Å². The van der Waals surface area contributed by atoms with Crippen molar-refractivity contribution in [2.75, 3.05) is 18.5 Å². The fourth-order valence-electron chi connectivity index (χ4n) is 1.45. The summed E-state index contributed by atoms with van der Waals surface area (Å²) in [6.07, 6.45) is -4.76. The maximum atomic E-state index is 12.1. The number of alkyl halides is 3. The average molecular weight is 313 g/mol. The molecular formula is C12H16ClF3N2O2. The van der Waals surface area contributed by atoms with Gasteiger partial charge in [-0.05, 0) is 12.1 Å². The summed E-state index contributed by atoms with van der Waals surface area (Å²) >= 11 is 0. The Balaban J connectivity index is 0.00000361. The Kier molecular flexibility index (Phi) is 6.81. The zero-order chi connectivity index (χ0) is 14.6. The number of halogens is 4. The van der Waals surface area contributed by atoms with E-state index in [0.717, 1.165) is 6.07 Å². The van der Waals surface area contributed by atoms with Crippen LogP contribution in [0.5, 0.6) is 5.75 Å². The molecule has 0 heterocycles. The van der Waals surface area contributed by atoms with Crippen molar-refractivity contribution in [1.82, 2.24) is 0 Å². The fourth-order valence-corrected chi connectivity index (χ4v) is 1.45. The Hall–Kier alpha value is -1.47. The molecule has 0 saturated carbocycles. The first-order valence-electron chi connectivity index (χ1n) is 5.58. The summed E-state index contributed by atoms with van der Waals surface area (Å²) in [5.74, 6) is -1.05. The highest BCUT2D eigenvalue weighted by atomic mass is 35.5. The Morgan fingerprint density at radius 1 is 1.45 bits per heavy atom. The van der Waals surface area contributed by atoms with Crippen LogP contribution in [0.15, 0.2) is 24.3 Å². The molecule has 4 nitrogen and oxygen atoms in total. The van der Waals surface area contributed by atoms with Gasteiger partial charge in [-0.25, -0.2) is 0 Å². The van der Waals surface area contributed by atoms with E-state index >= 15 is 0 Å². The molecule has 0 fully saturated rings. The average Bonchev–Trinajstić information content (AvgIpc) is 2.34. The van der Waals surface area contributed by atoms with Crippen molar-refractivity contribution in [2.24, 2.45) is 11.7 Å². The summed E-state index contributed by atoms with van der Waals surface area (Å²) < 4.78 is 40.1. The van der Waals surface area contributed by atoms with Gasteiger partial charge in [-0.3, -0.25) is 4.79 Å². The molecule has 0 saturated heterocycles. The number of nitrogens with zero attached hydrogens (tertiary/aromatic N) is 1. The number of nitrogens with two attached hydrogens (primary N) is 1. The molecule has 1 aromatic carbocycles. The van der Waals surface area contributed by atoms with Crippen LogP contribution in [0.4, 0.5) is 18.9 Å². The first-order valence-corrected chi connectivity index (χ1v) is 5.58. The van der Waals surface area contributed by atoms with Crippen LogP contribution in [0.25, 0.3) is 0 Å².